The van der Waals surface area contributed by atoms with Crippen molar-refractivity contribution in [2.45, 2.75) is 19.9 Å². The second kappa shape index (κ2) is 5.90. The summed E-state index contributed by atoms with van der Waals surface area (Å²) in [5.74, 6) is 0.828. The van der Waals surface area contributed by atoms with Crippen LogP contribution in [-0.4, -0.2) is 19.1 Å². The van der Waals surface area contributed by atoms with E-state index in [4.69, 9.17) is 16.3 Å². The van der Waals surface area contributed by atoms with E-state index in [9.17, 15) is 0 Å². The quantitative estimate of drug-likeness (QED) is 0.933. The van der Waals surface area contributed by atoms with Gasteiger partial charge in [0.05, 0.1) is 23.9 Å². The molecule has 1 aromatic heterocycles. The molecule has 1 atom stereocenters. The topological polar surface area (TPSA) is 34.1 Å². The predicted molar refractivity (Wildman–Crippen MR) is 80.5 cm³/mol. The molecule has 0 fully saturated rings. The van der Waals surface area contributed by atoms with Crippen molar-refractivity contribution in [3.63, 3.8) is 0 Å². The molecular weight excluding hydrogens is 280 g/mol. The van der Waals surface area contributed by atoms with E-state index in [0.29, 0.717) is 5.02 Å². The maximum absolute atomic E-state index is 6.11. The zero-order valence-electron chi connectivity index (χ0n) is 11.5. The Bertz CT molecular complexity index is 583. The number of benzene rings is 1. The number of methoxy groups -OCH3 is 1. The number of hydrogen-bond acceptors (Lipinski definition) is 4. The van der Waals surface area contributed by atoms with Gasteiger partial charge in [0.15, 0.2) is 0 Å². The van der Waals surface area contributed by atoms with Gasteiger partial charge in [-0.1, -0.05) is 11.6 Å². The van der Waals surface area contributed by atoms with Crippen LogP contribution < -0.4 is 10.1 Å². The summed E-state index contributed by atoms with van der Waals surface area (Å²) in [7, 11) is 3.60. The van der Waals surface area contributed by atoms with Crippen LogP contribution in [0.15, 0.2) is 18.2 Å². The van der Waals surface area contributed by atoms with Crippen molar-refractivity contribution < 1.29 is 4.74 Å². The molecule has 2 aromatic rings. The zero-order valence-corrected chi connectivity index (χ0v) is 13.0. The molecule has 0 amide bonds. The summed E-state index contributed by atoms with van der Waals surface area (Å²) in [6.07, 6.45) is 0. The van der Waals surface area contributed by atoms with Gasteiger partial charge in [-0.3, -0.25) is 0 Å². The predicted octanol–water partition coefficient (Wildman–Crippen LogP) is 3.73. The van der Waals surface area contributed by atoms with Gasteiger partial charge in [0, 0.05) is 15.5 Å². The minimum Gasteiger partial charge on any atom is -0.496 e. The van der Waals surface area contributed by atoms with Crippen LogP contribution in [-0.2, 0) is 0 Å². The number of halogens is 1. The molecule has 102 valence electrons. The van der Waals surface area contributed by atoms with Crippen molar-refractivity contribution in [1.29, 1.82) is 0 Å². The van der Waals surface area contributed by atoms with Gasteiger partial charge in [-0.2, -0.15) is 0 Å². The first kappa shape index (κ1) is 14.3. The van der Waals surface area contributed by atoms with Gasteiger partial charge >= 0.3 is 0 Å². The molecular formula is C14H17ClN2OS. The third-order valence-corrected chi connectivity index (χ3v) is 4.37. The molecule has 0 aliphatic heterocycles. The lowest BCUT2D eigenvalue weighted by Crippen LogP contribution is -2.18. The van der Waals surface area contributed by atoms with Crippen LogP contribution in [0.3, 0.4) is 0 Å². The third-order valence-electron chi connectivity index (χ3n) is 2.99. The number of aromatic nitrogens is 1. The summed E-state index contributed by atoms with van der Waals surface area (Å²) in [5, 5.41) is 5.09. The van der Waals surface area contributed by atoms with E-state index in [0.717, 1.165) is 22.0 Å². The van der Waals surface area contributed by atoms with Crippen LogP contribution in [0.1, 0.15) is 27.2 Å². The van der Waals surface area contributed by atoms with Crippen molar-refractivity contribution in [3.8, 4) is 5.75 Å². The molecule has 0 saturated heterocycles. The SMILES string of the molecule is CNC(c1cc(Cl)ccc1OC)c1sc(C)nc1C. The average molecular weight is 297 g/mol. The fourth-order valence-electron chi connectivity index (χ4n) is 2.17. The molecule has 1 aromatic carbocycles. The molecule has 5 heteroatoms. The Morgan fingerprint density at radius 1 is 1.37 bits per heavy atom. The standard InChI is InChI=1S/C14H17ClN2OS/c1-8-14(19-9(2)17-8)13(16-3)11-7-10(15)5-6-12(11)18-4/h5-7,13,16H,1-4H3. The van der Waals surface area contributed by atoms with E-state index in [1.165, 1.54) is 4.88 Å². The van der Waals surface area contributed by atoms with Crippen molar-refractivity contribution in [3.05, 3.63) is 44.4 Å². The molecule has 0 radical (unpaired) electrons. The van der Waals surface area contributed by atoms with Gasteiger partial charge in [-0.05, 0) is 39.1 Å². The minimum atomic E-state index is 0.0415. The summed E-state index contributed by atoms with van der Waals surface area (Å²) in [5.41, 5.74) is 2.08. The van der Waals surface area contributed by atoms with Crippen LogP contribution in [0.25, 0.3) is 0 Å². The molecule has 3 nitrogen and oxygen atoms in total. The molecule has 0 spiro atoms. The number of nitrogens with zero attached hydrogens (tertiary/aromatic N) is 1. The monoisotopic (exact) mass is 296 g/mol. The Labute approximate surface area is 122 Å². The first-order valence-corrected chi connectivity index (χ1v) is 7.21. The Morgan fingerprint density at radius 2 is 2.11 bits per heavy atom. The molecule has 1 N–H and O–H groups in total. The molecule has 1 heterocycles. The van der Waals surface area contributed by atoms with Crippen LogP contribution in [0.4, 0.5) is 0 Å². The van der Waals surface area contributed by atoms with Gasteiger partial charge in [-0.25, -0.2) is 4.98 Å². The maximum atomic E-state index is 6.11. The summed E-state index contributed by atoms with van der Waals surface area (Å²) in [6, 6.07) is 5.71. The number of nitrogens with one attached hydrogen (secondary N) is 1. The molecule has 19 heavy (non-hydrogen) atoms. The highest BCUT2D eigenvalue weighted by Gasteiger charge is 2.21. The Morgan fingerprint density at radius 3 is 2.63 bits per heavy atom. The van der Waals surface area contributed by atoms with E-state index in [2.05, 4.69) is 10.3 Å². The van der Waals surface area contributed by atoms with Crippen LogP contribution >= 0.6 is 22.9 Å². The first-order valence-electron chi connectivity index (χ1n) is 6.01. The second-order valence-electron chi connectivity index (χ2n) is 4.29. The highest BCUT2D eigenvalue weighted by Crippen LogP contribution is 2.35. The Balaban J connectivity index is 2.53. The first-order chi connectivity index (χ1) is 9.06. The van der Waals surface area contributed by atoms with Gasteiger partial charge in [0.1, 0.15) is 5.75 Å². The molecule has 2 rings (SSSR count). The molecule has 0 saturated carbocycles. The molecule has 0 aliphatic carbocycles. The van der Waals surface area contributed by atoms with Crippen molar-refractivity contribution in [1.82, 2.24) is 10.3 Å². The third kappa shape index (κ3) is 2.91. The number of rotatable bonds is 4. The van der Waals surface area contributed by atoms with E-state index in [-0.39, 0.29) is 6.04 Å². The smallest absolute Gasteiger partial charge is 0.124 e. The van der Waals surface area contributed by atoms with Gasteiger partial charge < -0.3 is 10.1 Å². The van der Waals surface area contributed by atoms with Crippen LogP contribution in [0.2, 0.25) is 5.02 Å². The lowest BCUT2D eigenvalue weighted by Gasteiger charge is -2.19. The maximum Gasteiger partial charge on any atom is 0.124 e. The minimum absolute atomic E-state index is 0.0415. The summed E-state index contributed by atoms with van der Waals surface area (Å²) in [4.78, 5) is 5.68. The van der Waals surface area contributed by atoms with E-state index >= 15 is 0 Å². The lowest BCUT2D eigenvalue weighted by atomic mass is 10.0. The molecule has 1 unspecified atom stereocenters. The highest BCUT2D eigenvalue weighted by molar-refractivity contribution is 7.11. The number of hydrogen-bond donors (Lipinski definition) is 1. The largest absolute Gasteiger partial charge is 0.496 e. The number of thiazole rings is 1. The summed E-state index contributed by atoms with van der Waals surface area (Å²) < 4.78 is 5.44. The fourth-order valence-corrected chi connectivity index (χ4v) is 3.41. The van der Waals surface area contributed by atoms with E-state index in [1.807, 2.05) is 39.1 Å². The summed E-state index contributed by atoms with van der Waals surface area (Å²) in [6.45, 7) is 4.04. The average Bonchev–Trinajstić information content (AvgIpc) is 2.70. The van der Waals surface area contributed by atoms with Crippen molar-refractivity contribution in [2.75, 3.05) is 14.2 Å². The molecule has 0 bridgehead atoms. The summed E-state index contributed by atoms with van der Waals surface area (Å²) >= 11 is 7.81. The zero-order chi connectivity index (χ0) is 14.0. The van der Waals surface area contributed by atoms with Crippen molar-refractivity contribution >= 4 is 22.9 Å². The van der Waals surface area contributed by atoms with Crippen LogP contribution in [0, 0.1) is 13.8 Å². The van der Waals surface area contributed by atoms with Gasteiger partial charge in [0.25, 0.3) is 0 Å². The Kier molecular flexibility index (Phi) is 4.45. The van der Waals surface area contributed by atoms with E-state index < -0.39 is 0 Å². The normalized spacial score (nSPS) is 12.5. The Hall–Kier alpha value is -1.10. The van der Waals surface area contributed by atoms with Crippen molar-refractivity contribution in [2.24, 2.45) is 0 Å². The molecule has 0 aliphatic rings. The van der Waals surface area contributed by atoms with E-state index in [1.54, 1.807) is 18.4 Å². The van der Waals surface area contributed by atoms with Crippen LogP contribution in [0.5, 0.6) is 5.75 Å². The second-order valence-corrected chi connectivity index (χ2v) is 5.96. The number of ether oxygens (including phenoxy) is 1. The van der Waals surface area contributed by atoms with Gasteiger partial charge in [-0.15, -0.1) is 11.3 Å². The lowest BCUT2D eigenvalue weighted by molar-refractivity contribution is 0.405. The fraction of sp³-hybridized carbons (Fsp3) is 0.357. The highest BCUT2D eigenvalue weighted by atomic mass is 35.5. The number of aryl methyl sites for hydroxylation is 2. The van der Waals surface area contributed by atoms with Gasteiger partial charge in [0.2, 0.25) is 0 Å².